The van der Waals surface area contributed by atoms with Crippen molar-refractivity contribution in [2.24, 2.45) is 4.99 Å². The third-order valence-corrected chi connectivity index (χ3v) is 6.79. The van der Waals surface area contributed by atoms with Crippen LogP contribution in [0.2, 0.25) is 5.02 Å². The molecule has 5 rings (SSSR count). The van der Waals surface area contributed by atoms with Gasteiger partial charge < -0.3 is 5.11 Å². The molecule has 0 radical (unpaired) electrons. The normalized spacial score (nSPS) is 11.5. The molecule has 5 aromatic rings. The van der Waals surface area contributed by atoms with E-state index in [0.29, 0.717) is 32.2 Å². The number of benzene rings is 3. The first-order valence-electron chi connectivity index (χ1n) is 10.6. The van der Waals surface area contributed by atoms with Gasteiger partial charge in [-0.05, 0) is 55.3 Å². The number of rotatable bonds is 4. The molecular formula is C27H20ClN3O2S. The fourth-order valence-electron chi connectivity index (χ4n) is 3.79. The number of pyridine rings is 1. The molecule has 168 valence electrons. The van der Waals surface area contributed by atoms with Crippen LogP contribution in [0.1, 0.15) is 16.7 Å². The lowest BCUT2D eigenvalue weighted by Crippen LogP contribution is -2.20. The van der Waals surface area contributed by atoms with Crippen molar-refractivity contribution in [3.05, 3.63) is 104 Å². The molecule has 5 nitrogen and oxygen atoms in total. The minimum atomic E-state index is -0.284. The maximum Gasteiger partial charge on any atom is 0.265 e. The number of aromatic nitrogens is 2. The first kappa shape index (κ1) is 22.1. The molecule has 0 aliphatic rings. The topological polar surface area (TPSA) is 67.5 Å². The van der Waals surface area contributed by atoms with E-state index < -0.39 is 0 Å². The van der Waals surface area contributed by atoms with Gasteiger partial charge in [-0.2, -0.15) is 0 Å². The molecule has 0 amide bonds. The van der Waals surface area contributed by atoms with Crippen molar-refractivity contribution < 1.29 is 5.11 Å². The van der Waals surface area contributed by atoms with Gasteiger partial charge >= 0.3 is 0 Å². The molecule has 0 unspecified atom stereocenters. The van der Waals surface area contributed by atoms with Crippen molar-refractivity contribution in [3.63, 3.8) is 0 Å². The number of thiazole rings is 1. The second-order valence-electron chi connectivity index (χ2n) is 7.97. The third kappa shape index (κ3) is 4.02. The van der Waals surface area contributed by atoms with Gasteiger partial charge in [0, 0.05) is 33.0 Å². The summed E-state index contributed by atoms with van der Waals surface area (Å²) in [6.45, 7) is 3.98. The largest absolute Gasteiger partial charge is 0.494 e. The van der Waals surface area contributed by atoms with Crippen LogP contribution in [-0.2, 0) is 0 Å². The van der Waals surface area contributed by atoms with Crippen molar-refractivity contribution >= 4 is 45.1 Å². The van der Waals surface area contributed by atoms with E-state index in [1.807, 2.05) is 79.9 Å². The van der Waals surface area contributed by atoms with Gasteiger partial charge in [0.1, 0.15) is 0 Å². The predicted molar refractivity (Wildman–Crippen MR) is 140 cm³/mol. The number of aryl methyl sites for hydroxylation is 2. The molecule has 7 heteroatoms. The minimum Gasteiger partial charge on any atom is -0.494 e. The quantitative estimate of drug-likeness (QED) is 0.283. The van der Waals surface area contributed by atoms with Crippen LogP contribution in [0, 0.1) is 13.8 Å². The van der Waals surface area contributed by atoms with E-state index in [1.54, 1.807) is 12.3 Å². The van der Waals surface area contributed by atoms with Gasteiger partial charge in [-0.15, -0.1) is 11.3 Å². The van der Waals surface area contributed by atoms with E-state index in [9.17, 15) is 9.90 Å². The fourth-order valence-corrected chi connectivity index (χ4v) is 4.59. The van der Waals surface area contributed by atoms with Crippen molar-refractivity contribution in [2.75, 3.05) is 0 Å². The van der Waals surface area contributed by atoms with Crippen LogP contribution in [0.3, 0.4) is 0 Å². The summed E-state index contributed by atoms with van der Waals surface area (Å²) in [5.74, 6) is -0.162. The number of halogens is 1. The maximum absolute atomic E-state index is 13.3. The summed E-state index contributed by atoms with van der Waals surface area (Å²) in [5, 5.41) is 15.5. The van der Waals surface area contributed by atoms with E-state index in [2.05, 4.69) is 9.98 Å². The first-order valence-corrected chi connectivity index (χ1v) is 11.9. The van der Waals surface area contributed by atoms with Crippen LogP contribution in [0.5, 0.6) is 5.88 Å². The van der Waals surface area contributed by atoms with Crippen molar-refractivity contribution in [1.29, 1.82) is 0 Å². The molecule has 0 saturated heterocycles. The molecule has 0 aliphatic carbocycles. The molecule has 34 heavy (non-hydrogen) atoms. The molecule has 0 spiro atoms. The summed E-state index contributed by atoms with van der Waals surface area (Å²) in [6, 6.07) is 20.3. The van der Waals surface area contributed by atoms with Crippen LogP contribution >= 0.6 is 22.9 Å². The monoisotopic (exact) mass is 485 g/mol. The van der Waals surface area contributed by atoms with Crippen LogP contribution in [-0.4, -0.2) is 20.9 Å². The molecule has 0 fully saturated rings. The zero-order chi connectivity index (χ0) is 23.8. The minimum absolute atomic E-state index is 0.162. The second-order valence-corrected chi connectivity index (χ2v) is 9.25. The second kappa shape index (κ2) is 8.89. The number of aliphatic imine (C=N–C) groups is 1. The van der Waals surface area contributed by atoms with E-state index in [4.69, 9.17) is 11.6 Å². The molecule has 1 N–H and O–H groups in total. The van der Waals surface area contributed by atoms with Crippen LogP contribution in [0.4, 0.5) is 5.13 Å². The lowest BCUT2D eigenvalue weighted by molar-refractivity contribution is 0.436. The summed E-state index contributed by atoms with van der Waals surface area (Å²) in [6.07, 6.45) is 1.57. The molecule has 0 bridgehead atoms. The SMILES string of the molecule is Cc1ccc(-n2c(O)c(C=Nc3nc(-c4ccc(Cl)cc4)cs3)c3ccccc3c2=O)cc1C. The van der Waals surface area contributed by atoms with Crippen LogP contribution in [0.15, 0.2) is 81.9 Å². The zero-order valence-corrected chi connectivity index (χ0v) is 20.1. The highest BCUT2D eigenvalue weighted by Gasteiger charge is 2.17. The molecule has 0 aliphatic heterocycles. The Kier molecular flexibility index (Phi) is 5.77. The Morgan fingerprint density at radius 2 is 1.74 bits per heavy atom. The third-order valence-electron chi connectivity index (χ3n) is 5.79. The average molecular weight is 486 g/mol. The summed E-state index contributed by atoms with van der Waals surface area (Å²) < 4.78 is 1.33. The van der Waals surface area contributed by atoms with E-state index >= 15 is 0 Å². The zero-order valence-electron chi connectivity index (χ0n) is 18.5. The Bertz CT molecular complexity index is 1620. The number of fused-ring (bicyclic) bond motifs is 1. The van der Waals surface area contributed by atoms with Gasteiger partial charge in [0.25, 0.3) is 5.56 Å². The average Bonchev–Trinajstić information content (AvgIpc) is 3.31. The molecule has 2 aromatic heterocycles. The Labute approximate surface area is 205 Å². The standard InChI is InChI=1S/C27H20ClN3O2S/c1-16-7-12-20(13-17(16)2)31-25(32)22-6-4-3-5-21(22)23(26(31)33)14-29-27-30-24(15-34-27)18-8-10-19(28)11-9-18/h3-15,33H,1-2H3. The summed E-state index contributed by atoms with van der Waals surface area (Å²) >= 11 is 7.37. The van der Waals surface area contributed by atoms with Gasteiger partial charge in [0.2, 0.25) is 11.0 Å². The Morgan fingerprint density at radius 1 is 1.00 bits per heavy atom. The summed E-state index contributed by atoms with van der Waals surface area (Å²) in [7, 11) is 0. The van der Waals surface area contributed by atoms with Crippen molar-refractivity contribution in [3.8, 4) is 22.8 Å². The lowest BCUT2D eigenvalue weighted by atomic mass is 10.1. The van der Waals surface area contributed by atoms with Gasteiger partial charge in [-0.25, -0.2) is 14.5 Å². The first-order chi connectivity index (χ1) is 16.4. The molecular weight excluding hydrogens is 466 g/mol. The van der Waals surface area contributed by atoms with Crippen molar-refractivity contribution in [2.45, 2.75) is 13.8 Å². The Morgan fingerprint density at radius 3 is 2.47 bits per heavy atom. The van der Waals surface area contributed by atoms with E-state index in [1.165, 1.54) is 15.9 Å². The summed E-state index contributed by atoms with van der Waals surface area (Å²) in [4.78, 5) is 22.4. The van der Waals surface area contributed by atoms with Crippen molar-refractivity contribution in [1.82, 2.24) is 9.55 Å². The van der Waals surface area contributed by atoms with Gasteiger partial charge in [0.05, 0.1) is 16.9 Å². The molecule has 0 atom stereocenters. The van der Waals surface area contributed by atoms with Crippen LogP contribution in [0.25, 0.3) is 27.7 Å². The smallest absolute Gasteiger partial charge is 0.265 e. The maximum atomic E-state index is 13.3. The molecule has 0 saturated carbocycles. The van der Waals surface area contributed by atoms with Gasteiger partial charge in [0.15, 0.2) is 0 Å². The molecule has 2 heterocycles. The number of hydrogen-bond donors (Lipinski definition) is 1. The summed E-state index contributed by atoms with van der Waals surface area (Å²) in [5.41, 5.74) is 4.65. The van der Waals surface area contributed by atoms with E-state index in [-0.39, 0.29) is 11.4 Å². The lowest BCUT2D eigenvalue weighted by Gasteiger charge is -2.14. The highest BCUT2D eigenvalue weighted by molar-refractivity contribution is 7.13. The van der Waals surface area contributed by atoms with Gasteiger partial charge in [-0.1, -0.05) is 48.0 Å². The number of hydrogen-bond acceptors (Lipinski definition) is 5. The number of aromatic hydroxyl groups is 1. The highest BCUT2D eigenvalue weighted by atomic mass is 35.5. The molecule has 3 aromatic carbocycles. The Hall–Kier alpha value is -3.74. The van der Waals surface area contributed by atoms with Gasteiger partial charge in [-0.3, -0.25) is 4.79 Å². The number of nitrogens with zero attached hydrogens (tertiary/aromatic N) is 3. The fraction of sp³-hybridized carbons (Fsp3) is 0.0741. The predicted octanol–water partition coefficient (Wildman–Crippen LogP) is 6.84. The van der Waals surface area contributed by atoms with Crippen LogP contribution < -0.4 is 5.56 Å². The Balaban J connectivity index is 1.62. The highest BCUT2D eigenvalue weighted by Crippen LogP contribution is 2.30. The van der Waals surface area contributed by atoms with E-state index in [0.717, 1.165) is 22.4 Å².